The molecule has 0 unspecified atom stereocenters. The average Bonchev–Trinajstić information content (AvgIpc) is 2.51. The number of hydrogen-bond donors (Lipinski definition) is 2. The SMILES string of the molecule is CC(C)N(C(=O)NC(=NCc1ccccc1)NC(=O)OC(C)(C)C)C(C)C. The number of guanidine groups is 1. The summed E-state index contributed by atoms with van der Waals surface area (Å²) < 4.78 is 5.26. The lowest BCUT2D eigenvalue weighted by atomic mass is 10.2. The van der Waals surface area contributed by atoms with Gasteiger partial charge < -0.3 is 9.64 Å². The summed E-state index contributed by atoms with van der Waals surface area (Å²) in [6.45, 7) is 13.4. The molecule has 0 saturated heterocycles. The molecular formula is C20H32N4O3. The lowest BCUT2D eigenvalue weighted by molar-refractivity contribution is 0.0561. The van der Waals surface area contributed by atoms with Crippen LogP contribution in [0, 0.1) is 0 Å². The summed E-state index contributed by atoms with van der Waals surface area (Å²) in [5, 5.41) is 5.23. The number of aliphatic imine (C=N–C) groups is 1. The molecule has 3 amide bonds. The highest BCUT2D eigenvalue weighted by atomic mass is 16.6. The topological polar surface area (TPSA) is 83.0 Å². The van der Waals surface area contributed by atoms with Crippen LogP contribution in [0.5, 0.6) is 0 Å². The summed E-state index contributed by atoms with van der Waals surface area (Å²) in [5.74, 6) is 0.0596. The average molecular weight is 377 g/mol. The van der Waals surface area contributed by atoms with Crippen LogP contribution in [0.3, 0.4) is 0 Å². The molecule has 0 fully saturated rings. The highest BCUT2D eigenvalue weighted by molar-refractivity contribution is 6.02. The van der Waals surface area contributed by atoms with E-state index in [1.54, 1.807) is 25.7 Å². The van der Waals surface area contributed by atoms with Gasteiger partial charge in [-0.05, 0) is 54.0 Å². The first-order valence-electron chi connectivity index (χ1n) is 9.17. The minimum absolute atomic E-state index is 0.00176. The molecule has 0 heterocycles. The Bertz CT molecular complexity index is 641. The number of ether oxygens (including phenoxy) is 1. The Morgan fingerprint density at radius 3 is 2.07 bits per heavy atom. The normalized spacial score (nSPS) is 12.1. The molecule has 7 nitrogen and oxygen atoms in total. The highest BCUT2D eigenvalue weighted by Crippen LogP contribution is 2.08. The zero-order valence-electron chi connectivity index (χ0n) is 17.4. The third kappa shape index (κ3) is 8.57. The lowest BCUT2D eigenvalue weighted by Gasteiger charge is -2.31. The van der Waals surface area contributed by atoms with Gasteiger partial charge in [0.2, 0.25) is 5.96 Å². The number of amides is 3. The largest absolute Gasteiger partial charge is 0.444 e. The number of carbonyl (C=O) groups is 2. The summed E-state index contributed by atoms with van der Waals surface area (Å²) in [7, 11) is 0. The first-order chi connectivity index (χ1) is 12.5. The van der Waals surface area contributed by atoms with Gasteiger partial charge in [-0.2, -0.15) is 0 Å². The minimum atomic E-state index is -0.671. The van der Waals surface area contributed by atoms with E-state index in [4.69, 9.17) is 4.74 Å². The van der Waals surface area contributed by atoms with Crippen molar-refractivity contribution in [1.82, 2.24) is 15.5 Å². The summed E-state index contributed by atoms with van der Waals surface area (Å²) >= 11 is 0. The number of nitrogens with zero attached hydrogens (tertiary/aromatic N) is 2. The van der Waals surface area contributed by atoms with Gasteiger partial charge in [0, 0.05) is 12.1 Å². The number of benzene rings is 1. The van der Waals surface area contributed by atoms with Crippen LogP contribution >= 0.6 is 0 Å². The van der Waals surface area contributed by atoms with Crippen LogP contribution in [0.2, 0.25) is 0 Å². The van der Waals surface area contributed by atoms with Crippen molar-refractivity contribution in [2.24, 2.45) is 4.99 Å². The van der Waals surface area contributed by atoms with Crippen molar-refractivity contribution in [3.63, 3.8) is 0 Å². The summed E-state index contributed by atoms with van der Waals surface area (Å²) in [6, 6.07) is 9.24. The number of carbonyl (C=O) groups excluding carboxylic acids is 2. The molecule has 0 aliphatic rings. The number of hydrogen-bond acceptors (Lipinski definition) is 4. The van der Waals surface area contributed by atoms with Crippen LogP contribution in [0.4, 0.5) is 9.59 Å². The molecule has 0 aromatic heterocycles. The number of nitrogens with one attached hydrogen (secondary N) is 2. The van der Waals surface area contributed by atoms with Crippen LogP contribution in [-0.2, 0) is 11.3 Å². The van der Waals surface area contributed by atoms with Gasteiger partial charge in [-0.25, -0.2) is 14.6 Å². The third-order valence-corrected chi connectivity index (χ3v) is 3.45. The van der Waals surface area contributed by atoms with Crippen molar-refractivity contribution in [3.05, 3.63) is 35.9 Å². The van der Waals surface area contributed by atoms with E-state index < -0.39 is 11.7 Å². The first kappa shape index (κ1) is 22.5. The fourth-order valence-corrected chi connectivity index (χ4v) is 2.50. The van der Waals surface area contributed by atoms with E-state index >= 15 is 0 Å². The molecule has 0 atom stereocenters. The Hall–Kier alpha value is -2.57. The molecule has 7 heteroatoms. The van der Waals surface area contributed by atoms with Crippen LogP contribution in [0.1, 0.15) is 54.0 Å². The maximum Gasteiger partial charge on any atom is 0.414 e. The van der Waals surface area contributed by atoms with Crippen LogP contribution < -0.4 is 10.6 Å². The molecule has 0 spiro atoms. The summed E-state index contributed by atoms with van der Waals surface area (Å²) in [5.41, 5.74) is 0.306. The van der Waals surface area contributed by atoms with Gasteiger partial charge in [0.1, 0.15) is 5.60 Å². The standard InChI is InChI=1S/C20H32N4O3/c1-14(2)24(15(3)4)18(25)22-17(23-19(26)27-20(5,6)7)21-13-16-11-9-8-10-12-16/h8-12,14-15H,13H2,1-7H3,(H2,21,22,23,25,26). The second-order valence-electron chi connectivity index (χ2n) is 7.80. The van der Waals surface area contributed by atoms with Gasteiger partial charge >= 0.3 is 12.1 Å². The second-order valence-corrected chi connectivity index (χ2v) is 7.80. The number of urea groups is 1. The number of rotatable bonds is 4. The molecule has 27 heavy (non-hydrogen) atoms. The smallest absolute Gasteiger partial charge is 0.414 e. The quantitative estimate of drug-likeness (QED) is 0.617. The van der Waals surface area contributed by atoms with E-state index in [0.29, 0.717) is 6.54 Å². The summed E-state index contributed by atoms with van der Waals surface area (Å²) in [6.07, 6.45) is -0.671. The van der Waals surface area contributed by atoms with Crippen LogP contribution in [-0.4, -0.2) is 40.7 Å². The van der Waals surface area contributed by atoms with E-state index in [1.165, 1.54) is 0 Å². The van der Waals surface area contributed by atoms with Gasteiger partial charge in [-0.15, -0.1) is 0 Å². The molecule has 1 rings (SSSR count). The Balaban J connectivity index is 2.95. The monoisotopic (exact) mass is 376 g/mol. The van der Waals surface area contributed by atoms with E-state index in [2.05, 4.69) is 15.6 Å². The van der Waals surface area contributed by atoms with Crippen LogP contribution in [0.15, 0.2) is 35.3 Å². The molecule has 1 aromatic carbocycles. The fraction of sp³-hybridized carbons (Fsp3) is 0.550. The molecule has 0 radical (unpaired) electrons. The van der Waals surface area contributed by atoms with Crippen molar-refractivity contribution in [3.8, 4) is 0 Å². The second kappa shape index (κ2) is 9.94. The van der Waals surface area contributed by atoms with Crippen molar-refractivity contribution < 1.29 is 14.3 Å². The molecule has 150 valence electrons. The molecule has 0 bridgehead atoms. The van der Waals surface area contributed by atoms with Crippen molar-refractivity contribution >= 4 is 18.1 Å². The Kier molecular flexibility index (Phi) is 8.28. The van der Waals surface area contributed by atoms with Gasteiger partial charge in [-0.3, -0.25) is 10.6 Å². The fourth-order valence-electron chi connectivity index (χ4n) is 2.50. The molecule has 0 aliphatic heterocycles. The van der Waals surface area contributed by atoms with Crippen LogP contribution in [0.25, 0.3) is 0 Å². The molecule has 2 N–H and O–H groups in total. The predicted molar refractivity (Wildman–Crippen MR) is 108 cm³/mol. The maximum atomic E-state index is 12.7. The van der Waals surface area contributed by atoms with Gasteiger partial charge in [0.15, 0.2) is 0 Å². The van der Waals surface area contributed by atoms with Crippen molar-refractivity contribution in [2.45, 2.75) is 72.7 Å². The molecule has 1 aromatic rings. The molecule has 0 aliphatic carbocycles. The lowest BCUT2D eigenvalue weighted by Crippen LogP contribution is -2.53. The molecular weight excluding hydrogens is 344 g/mol. The van der Waals surface area contributed by atoms with E-state index in [-0.39, 0.29) is 24.1 Å². The Labute approximate surface area is 162 Å². The summed E-state index contributed by atoms with van der Waals surface area (Å²) in [4.78, 5) is 30.8. The maximum absolute atomic E-state index is 12.7. The Morgan fingerprint density at radius 2 is 1.59 bits per heavy atom. The molecule has 0 saturated carbocycles. The van der Waals surface area contributed by atoms with Gasteiger partial charge in [-0.1, -0.05) is 30.3 Å². The van der Waals surface area contributed by atoms with Crippen molar-refractivity contribution in [2.75, 3.05) is 0 Å². The zero-order chi connectivity index (χ0) is 20.6. The first-order valence-corrected chi connectivity index (χ1v) is 9.17. The van der Waals surface area contributed by atoms with E-state index in [9.17, 15) is 9.59 Å². The Morgan fingerprint density at radius 1 is 1.04 bits per heavy atom. The van der Waals surface area contributed by atoms with Gasteiger partial charge in [0.05, 0.1) is 6.54 Å². The minimum Gasteiger partial charge on any atom is -0.444 e. The van der Waals surface area contributed by atoms with Crippen molar-refractivity contribution in [1.29, 1.82) is 0 Å². The highest BCUT2D eigenvalue weighted by Gasteiger charge is 2.23. The van der Waals surface area contributed by atoms with E-state index in [1.807, 2.05) is 58.0 Å². The predicted octanol–water partition coefficient (Wildman–Crippen LogP) is 3.90. The zero-order valence-corrected chi connectivity index (χ0v) is 17.4. The number of alkyl carbamates (subject to hydrolysis) is 1. The third-order valence-electron chi connectivity index (χ3n) is 3.45. The van der Waals surface area contributed by atoms with Gasteiger partial charge in [0.25, 0.3) is 0 Å². The van der Waals surface area contributed by atoms with E-state index in [0.717, 1.165) is 5.56 Å².